The second-order valence-corrected chi connectivity index (χ2v) is 7.33. The fourth-order valence-corrected chi connectivity index (χ4v) is 4.03. The molecular formula is C22H27NO5. The fourth-order valence-electron chi connectivity index (χ4n) is 4.03. The minimum absolute atomic E-state index is 0.0415. The van der Waals surface area contributed by atoms with Crippen LogP contribution in [0.25, 0.3) is 0 Å². The molecule has 0 spiro atoms. The van der Waals surface area contributed by atoms with Gasteiger partial charge in [-0.3, -0.25) is 0 Å². The first-order valence-electron chi connectivity index (χ1n) is 9.72. The summed E-state index contributed by atoms with van der Waals surface area (Å²) in [6.45, 7) is 0.304. The Morgan fingerprint density at radius 3 is 2.68 bits per heavy atom. The Bertz CT molecular complexity index is 825. The van der Waals surface area contributed by atoms with Crippen LogP contribution in [0.4, 0.5) is 0 Å². The molecule has 0 bridgehead atoms. The third-order valence-corrected chi connectivity index (χ3v) is 5.62. The molecule has 0 radical (unpaired) electrons. The minimum atomic E-state index is -0.574. The molecule has 1 fully saturated rings. The van der Waals surface area contributed by atoms with Crippen LogP contribution in [0.5, 0.6) is 23.0 Å². The van der Waals surface area contributed by atoms with E-state index in [0.717, 1.165) is 42.7 Å². The van der Waals surface area contributed by atoms with Crippen LogP contribution in [-0.2, 0) is 6.42 Å². The van der Waals surface area contributed by atoms with Crippen molar-refractivity contribution < 1.29 is 24.1 Å². The van der Waals surface area contributed by atoms with Crippen LogP contribution in [0.2, 0.25) is 0 Å². The number of nitrogens with one attached hydrogen (secondary N) is 1. The van der Waals surface area contributed by atoms with Gasteiger partial charge < -0.3 is 29.4 Å². The lowest BCUT2D eigenvalue weighted by molar-refractivity contribution is 0.134. The number of ether oxygens (including phenoxy) is 4. The van der Waals surface area contributed by atoms with Crippen molar-refractivity contribution in [2.75, 3.05) is 21.0 Å². The summed E-state index contributed by atoms with van der Waals surface area (Å²) in [5.41, 5.74) is 2.08. The highest BCUT2D eigenvalue weighted by molar-refractivity contribution is 5.45. The Morgan fingerprint density at radius 2 is 1.86 bits per heavy atom. The standard InChI is InChI=1S/C22H27NO5/c1-25-18-10-5-15(12-20(18)26-2)22(24)17-8-7-16(23-17)6-3-14-4-9-19-21(11-14)28-13-27-19/h4-5,9-12,16-17,22-24H,3,6-8,13H2,1-2H3. The molecule has 3 unspecified atom stereocenters. The second-order valence-electron chi connectivity index (χ2n) is 7.33. The molecule has 0 saturated carbocycles. The smallest absolute Gasteiger partial charge is 0.231 e. The molecule has 2 aliphatic rings. The normalized spacial score (nSPS) is 21.5. The Morgan fingerprint density at radius 1 is 1.04 bits per heavy atom. The molecule has 2 aliphatic heterocycles. The van der Waals surface area contributed by atoms with Crippen LogP contribution < -0.4 is 24.3 Å². The maximum atomic E-state index is 10.8. The zero-order chi connectivity index (χ0) is 19.5. The number of rotatable bonds is 7. The Kier molecular flexibility index (Phi) is 5.59. The largest absolute Gasteiger partial charge is 0.493 e. The maximum absolute atomic E-state index is 10.8. The molecule has 0 aromatic heterocycles. The van der Waals surface area contributed by atoms with Crippen LogP contribution >= 0.6 is 0 Å². The summed E-state index contributed by atoms with van der Waals surface area (Å²) >= 11 is 0. The number of hydrogen-bond donors (Lipinski definition) is 2. The number of methoxy groups -OCH3 is 2. The van der Waals surface area contributed by atoms with Crippen molar-refractivity contribution in [2.45, 2.75) is 43.9 Å². The van der Waals surface area contributed by atoms with Crippen LogP contribution in [-0.4, -0.2) is 38.2 Å². The van der Waals surface area contributed by atoms with E-state index < -0.39 is 6.10 Å². The molecule has 6 heteroatoms. The minimum Gasteiger partial charge on any atom is -0.493 e. The van der Waals surface area contributed by atoms with E-state index >= 15 is 0 Å². The lowest BCUT2D eigenvalue weighted by atomic mass is 10.00. The van der Waals surface area contributed by atoms with E-state index in [-0.39, 0.29) is 6.04 Å². The van der Waals surface area contributed by atoms with E-state index in [2.05, 4.69) is 17.4 Å². The molecule has 2 aromatic rings. The van der Waals surface area contributed by atoms with Crippen molar-refractivity contribution in [3.05, 3.63) is 47.5 Å². The van der Waals surface area contributed by atoms with Crippen molar-refractivity contribution in [3.8, 4) is 23.0 Å². The topological polar surface area (TPSA) is 69.2 Å². The summed E-state index contributed by atoms with van der Waals surface area (Å²) in [7, 11) is 3.21. The highest BCUT2D eigenvalue weighted by Gasteiger charge is 2.30. The Hall–Kier alpha value is -2.44. The second kappa shape index (κ2) is 8.29. The van der Waals surface area contributed by atoms with Crippen LogP contribution in [0.1, 0.15) is 36.5 Å². The van der Waals surface area contributed by atoms with E-state index in [9.17, 15) is 5.11 Å². The quantitative estimate of drug-likeness (QED) is 0.763. The average Bonchev–Trinajstić information content (AvgIpc) is 3.40. The molecule has 28 heavy (non-hydrogen) atoms. The zero-order valence-electron chi connectivity index (χ0n) is 16.3. The van der Waals surface area contributed by atoms with Gasteiger partial charge in [-0.2, -0.15) is 0 Å². The SMILES string of the molecule is COc1ccc(C(O)C2CCC(CCc3ccc4c(c3)OCO4)N2)cc1OC. The number of aliphatic hydroxyl groups is 1. The monoisotopic (exact) mass is 385 g/mol. The first-order valence-corrected chi connectivity index (χ1v) is 9.72. The Labute approximate surface area is 165 Å². The molecule has 1 saturated heterocycles. The molecule has 3 atom stereocenters. The third kappa shape index (κ3) is 3.88. The maximum Gasteiger partial charge on any atom is 0.231 e. The molecule has 0 amide bonds. The van der Waals surface area contributed by atoms with Gasteiger partial charge in [0.1, 0.15) is 0 Å². The lowest BCUT2D eigenvalue weighted by Crippen LogP contribution is -2.34. The molecular weight excluding hydrogens is 358 g/mol. The van der Waals surface area contributed by atoms with Gasteiger partial charge in [-0.1, -0.05) is 12.1 Å². The number of aliphatic hydroxyl groups excluding tert-OH is 1. The van der Waals surface area contributed by atoms with Gasteiger partial charge >= 0.3 is 0 Å². The first kappa shape index (κ1) is 18.9. The lowest BCUT2D eigenvalue weighted by Gasteiger charge is -2.21. The number of benzene rings is 2. The molecule has 150 valence electrons. The van der Waals surface area contributed by atoms with Gasteiger partial charge in [0.25, 0.3) is 0 Å². The summed E-state index contributed by atoms with van der Waals surface area (Å²) in [5.74, 6) is 2.95. The summed E-state index contributed by atoms with van der Waals surface area (Å²) in [6.07, 6.45) is 3.42. The first-order chi connectivity index (χ1) is 13.7. The Balaban J connectivity index is 1.33. The molecule has 0 aliphatic carbocycles. The van der Waals surface area contributed by atoms with E-state index in [1.165, 1.54) is 5.56 Å². The van der Waals surface area contributed by atoms with Crippen molar-refractivity contribution >= 4 is 0 Å². The highest BCUT2D eigenvalue weighted by atomic mass is 16.7. The summed E-state index contributed by atoms with van der Waals surface area (Å²) in [5, 5.41) is 14.4. The number of aryl methyl sites for hydroxylation is 1. The average molecular weight is 385 g/mol. The van der Waals surface area contributed by atoms with Crippen molar-refractivity contribution in [3.63, 3.8) is 0 Å². The fraction of sp³-hybridized carbons (Fsp3) is 0.455. The van der Waals surface area contributed by atoms with Crippen LogP contribution in [0.3, 0.4) is 0 Å². The highest BCUT2D eigenvalue weighted by Crippen LogP contribution is 2.35. The van der Waals surface area contributed by atoms with Gasteiger partial charge in [0.05, 0.1) is 20.3 Å². The number of fused-ring (bicyclic) bond motifs is 1. The summed E-state index contributed by atoms with van der Waals surface area (Å²) in [4.78, 5) is 0. The molecule has 6 nitrogen and oxygen atoms in total. The number of hydrogen-bond acceptors (Lipinski definition) is 6. The van der Waals surface area contributed by atoms with Crippen molar-refractivity contribution in [2.24, 2.45) is 0 Å². The van der Waals surface area contributed by atoms with Crippen molar-refractivity contribution in [1.82, 2.24) is 5.32 Å². The summed E-state index contributed by atoms with van der Waals surface area (Å²) < 4.78 is 21.5. The van der Waals surface area contributed by atoms with Crippen LogP contribution in [0.15, 0.2) is 36.4 Å². The molecule has 4 rings (SSSR count). The van der Waals surface area contributed by atoms with Gasteiger partial charge in [0.15, 0.2) is 23.0 Å². The van der Waals surface area contributed by atoms with E-state index in [0.29, 0.717) is 24.3 Å². The van der Waals surface area contributed by atoms with Gasteiger partial charge in [-0.15, -0.1) is 0 Å². The van der Waals surface area contributed by atoms with E-state index in [1.54, 1.807) is 14.2 Å². The van der Waals surface area contributed by atoms with E-state index in [1.807, 2.05) is 24.3 Å². The van der Waals surface area contributed by atoms with Gasteiger partial charge in [0.2, 0.25) is 6.79 Å². The predicted molar refractivity (Wildman–Crippen MR) is 105 cm³/mol. The summed E-state index contributed by atoms with van der Waals surface area (Å²) in [6, 6.07) is 12.2. The molecule has 2 aromatic carbocycles. The van der Waals surface area contributed by atoms with Crippen LogP contribution in [0, 0.1) is 0 Å². The van der Waals surface area contributed by atoms with E-state index in [4.69, 9.17) is 18.9 Å². The molecule has 2 N–H and O–H groups in total. The molecule has 2 heterocycles. The van der Waals surface area contributed by atoms with Gasteiger partial charge in [-0.25, -0.2) is 0 Å². The van der Waals surface area contributed by atoms with Gasteiger partial charge in [-0.05, 0) is 61.1 Å². The third-order valence-electron chi connectivity index (χ3n) is 5.62. The zero-order valence-corrected chi connectivity index (χ0v) is 16.3. The van der Waals surface area contributed by atoms with Gasteiger partial charge in [0, 0.05) is 12.1 Å². The van der Waals surface area contributed by atoms with Crippen molar-refractivity contribution in [1.29, 1.82) is 0 Å². The predicted octanol–water partition coefficient (Wildman–Crippen LogP) is 3.22.